The Bertz CT molecular complexity index is 799. The molecule has 0 atom stereocenters. The van der Waals surface area contributed by atoms with Gasteiger partial charge in [0.1, 0.15) is 11.5 Å². The summed E-state index contributed by atoms with van der Waals surface area (Å²) in [6, 6.07) is 12.8. The Morgan fingerprint density at radius 3 is 2.42 bits per heavy atom. The van der Waals surface area contributed by atoms with Gasteiger partial charge in [-0.3, -0.25) is 19.9 Å². The molecule has 0 aromatic heterocycles. The van der Waals surface area contributed by atoms with E-state index in [4.69, 9.17) is 9.57 Å². The second-order valence-corrected chi connectivity index (χ2v) is 4.98. The molecular formula is C16H13N3O5. The SMILES string of the molecule is COc1ccc(N2CC(c3ccc([N+](=O)[O-])cc3)=NOC2=O)cc1. The van der Waals surface area contributed by atoms with Crippen LogP contribution in [0.3, 0.4) is 0 Å². The number of nitro groups is 1. The van der Waals surface area contributed by atoms with Crippen molar-refractivity contribution in [2.75, 3.05) is 18.6 Å². The summed E-state index contributed by atoms with van der Waals surface area (Å²) in [5.41, 5.74) is 1.77. The van der Waals surface area contributed by atoms with E-state index in [-0.39, 0.29) is 12.2 Å². The predicted octanol–water partition coefficient (Wildman–Crippen LogP) is 2.96. The maximum absolute atomic E-state index is 11.9. The van der Waals surface area contributed by atoms with Crippen molar-refractivity contribution < 1.29 is 19.3 Å². The third kappa shape index (κ3) is 3.02. The van der Waals surface area contributed by atoms with Crippen LogP contribution in [0, 0.1) is 10.1 Å². The summed E-state index contributed by atoms with van der Waals surface area (Å²) in [7, 11) is 1.56. The second kappa shape index (κ2) is 6.37. The lowest BCUT2D eigenvalue weighted by Gasteiger charge is -2.25. The quantitative estimate of drug-likeness (QED) is 0.489. The molecule has 1 aliphatic rings. The number of anilines is 1. The highest BCUT2D eigenvalue weighted by molar-refractivity contribution is 6.09. The zero-order chi connectivity index (χ0) is 17.1. The predicted molar refractivity (Wildman–Crippen MR) is 86.5 cm³/mol. The molecular weight excluding hydrogens is 314 g/mol. The van der Waals surface area contributed by atoms with E-state index in [1.54, 1.807) is 43.5 Å². The number of methoxy groups -OCH3 is 1. The summed E-state index contributed by atoms with van der Waals surface area (Å²) in [4.78, 5) is 28.5. The van der Waals surface area contributed by atoms with Gasteiger partial charge in [0.15, 0.2) is 0 Å². The molecule has 1 heterocycles. The van der Waals surface area contributed by atoms with Crippen LogP contribution in [0.5, 0.6) is 5.75 Å². The van der Waals surface area contributed by atoms with Crippen molar-refractivity contribution in [3.63, 3.8) is 0 Å². The van der Waals surface area contributed by atoms with E-state index in [0.717, 1.165) is 0 Å². The Labute approximate surface area is 137 Å². The monoisotopic (exact) mass is 327 g/mol. The Hall–Kier alpha value is -3.42. The summed E-state index contributed by atoms with van der Waals surface area (Å²) in [5.74, 6) is 0.674. The topological polar surface area (TPSA) is 94.3 Å². The Balaban J connectivity index is 1.83. The van der Waals surface area contributed by atoms with Gasteiger partial charge in [0, 0.05) is 23.4 Å². The molecule has 0 spiro atoms. The van der Waals surface area contributed by atoms with E-state index >= 15 is 0 Å². The molecule has 1 amide bonds. The Morgan fingerprint density at radius 1 is 1.17 bits per heavy atom. The highest BCUT2D eigenvalue weighted by Gasteiger charge is 2.25. The van der Waals surface area contributed by atoms with E-state index in [1.807, 2.05) is 0 Å². The highest BCUT2D eigenvalue weighted by Crippen LogP contribution is 2.23. The number of oxime groups is 1. The minimum absolute atomic E-state index is 0.0147. The Kier molecular flexibility index (Phi) is 4.11. The number of benzene rings is 2. The molecule has 3 rings (SSSR count). The molecule has 0 saturated carbocycles. The first-order chi connectivity index (χ1) is 11.6. The minimum Gasteiger partial charge on any atom is -0.497 e. The van der Waals surface area contributed by atoms with Crippen molar-refractivity contribution in [2.24, 2.45) is 5.16 Å². The van der Waals surface area contributed by atoms with Gasteiger partial charge < -0.3 is 4.74 Å². The van der Waals surface area contributed by atoms with Gasteiger partial charge in [-0.15, -0.1) is 0 Å². The van der Waals surface area contributed by atoms with Crippen molar-refractivity contribution in [1.29, 1.82) is 0 Å². The van der Waals surface area contributed by atoms with E-state index in [1.165, 1.54) is 17.0 Å². The average molecular weight is 327 g/mol. The second-order valence-electron chi connectivity index (χ2n) is 4.98. The molecule has 0 radical (unpaired) electrons. The summed E-state index contributed by atoms with van der Waals surface area (Å²) < 4.78 is 5.09. The highest BCUT2D eigenvalue weighted by atomic mass is 16.7. The largest absolute Gasteiger partial charge is 0.497 e. The zero-order valence-electron chi connectivity index (χ0n) is 12.7. The first-order valence-corrected chi connectivity index (χ1v) is 7.03. The van der Waals surface area contributed by atoms with Crippen molar-refractivity contribution in [1.82, 2.24) is 0 Å². The van der Waals surface area contributed by atoms with Crippen LogP contribution in [0.15, 0.2) is 53.7 Å². The fraction of sp³-hybridized carbons (Fsp3) is 0.125. The van der Waals surface area contributed by atoms with Gasteiger partial charge in [-0.05, 0) is 36.4 Å². The normalized spacial score (nSPS) is 14.0. The molecule has 122 valence electrons. The van der Waals surface area contributed by atoms with Gasteiger partial charge in [-0.25, -0.2) is 4.79 Å². The maximum atomic E-state index is 11.9. The van der Waals surface area contributed by atoms with Gasteiger partial charge in [0.25, 0.3) is 5.69 Å². The third-order valence-electron chi connectivity index (χ3n) is 3.56. The standard InChI is InChI=1S/C16H13N3O5/c1-23-14-8-6-12(7-9-14)18-10-15(17-24-16(18)20)11-2-4-13(5-3-11)19(21)22/h2-9H,10H2,1H3. The van der Waals surface area contributed by atoms with Crippen molar-refractivity contribution in [2.45, 2.75) is 0 Å². The molecule has 8 nitrogen and oxygen atoms in total. The first-order valence-electron chi connectivity index (χ1n) is 7.03. The summed E-state index contributed by atoms with van der Waals surface area (Å²) in [6.07, 6.45) is -0.592. The van der Waals surface area contributed by atoms with Crippen LogP contribution in [-0.2, 0) is 4.84 Å². The number of hydrogen-bond donors (Lipinski definition) is 0. The van der Waals surface area contributed by atoms with Crippen LogP contribution >= 0.6 is 0 Å². The molecule has 2 aromatic carbocycles. The van der Waals surface area contributed by atoms with E-state index in [9.17, 15) is 14.9 Å². The van der Waals surface area contributed by atoms with E-state index in [0.29, 0.717) is 22.7 Å². The first kappa shape index (κ1) is 15.5. The zero-order valence-corrected chi connectivity index (χ0v) is 12.7. The van der Waals surface area contributed by atoms with Gasteiger partial charge in [0.05, 0.1) is 18.6 Å². The van der Waals surface area contributed by atoms with Crippen LogP contribution in [0.1, 0.15) is 5.56 Å². The van der Waals surface area contributed by atoms with Crippen LogP contribution in [-0.4, -0.2) is 30.4 Å². The Morgan fingerprint density at radius 2 is 1.83 bits per heavy atom. The van der Waals surface area contributed by atoms with Gasteiger partial charge in [-0.1, -0.05) is 5.16 Å². The van der Waals surface area contributed by atoms with Crippen molar-refractivity contribution in [3.05, 3.63) is 64.2 Å². The van der Waals surface area contributed by atoms with Crippen LogP contribution in [0.25, 0.3) is 0 Å². The van der Waals surface area contributed by atoms with E-state index in [2.05, 4.69) is 5.16 Å². The van der Waals surface area contributed by atoms with Crippen molar-refractivity contribution >= 4 is 23.2 Å². The lowest BCUT2D eigenvalue weighted by molar-refractivity contribution is -0.384. The number of rotatable bonds is 4. The van der Waals surface area contributed by atoms with Crippen molar-refractivity contribution in [3.8, 4) is 5.75 Å². The minimum atomic E-state index is -0.592. The number of nitro benzene ring substituents is 1. The number of carbonyl (C=O) groups is 1. The molecule has 0 aliphatic carbocycles. The number of amides is 1. The molecule has 0 unspecified atom stereocenters. The number of hydrogen-bond acceptors (Lipinski definition) is 6. The molecule has 2 aromatic rings. The summed E-state index contributed by atoms with van der Waals surface area (Å²) >= 11 is 0. The third-order valence-corrected chi connectivity index (χ3v) is 3.56. The fourth-order valence-electron chi connectivity index (χ4n) is 2.26. The maximum Gasteiger partial charge on any atom is 0.440 e. The molecule has 0 saturated heterocycles. The molecule has 0 N–H and O–H groups in total. The van der Waals surface area contributed by atoms with Crippen LogP contribution in [0.4, 0.5) is 16.2 Å². The van der Waals surface area contributed by atoms with Gasteiger partial charge in [0.2, 0.25) is 0 Å². The fourth-order valence-corrected chi connectivity index (χ4v) is 2.26. The lowest BCUT2D eigenvalue weighted by Crippen LogP contribution is -2.39. The van der Waals surface area contributed by atoms with Gasteiger partial charge in [-0.2, -0.15) is 0 Å². The molecule has 0 fully saturated rings. The summed E-state index contributed by atoms with van der Waals surface area (Å²) in [5, 5.41) is 14.5. The van der Waals surface area contributed by atoms with E-state index < -0.39 is 11.0 Å². The molecule has 0 bridgehead atoms. The smallest absolute Gasteiger partial charge is 0.440 e. The summed E-state index contributed by atoms with van der Waals surface area (Å²) in [6.45, 7) is 0.197. The van der Waals surface area contributed by atoms with Gasteiger partial charge >= 0.3 is 6.09 Å². The van der Waals surface area contributed by atoms with Crippen LogP contribution in [0.2, 0.25) is 0 Å². The lowest BCUT2D eigenvalue weighted by atomic mass is 10.1. The number of non-ortho nitro benzene ring substituents is 1. The molecule has 24 heavy (non-hydrogen) atoms. The number of ether oxygens (including phenoxy) is 1. The molecule has 8 heteroatoms. The van der Waals surface area contributed by atoms with Crippen LogP contribution < -0.4 is 9.64 Å². The number of carbonyl (C=O) groups excluding carboxylic acids is 1. The molecule has 1 aliphatic heterocycles. The number of nitrogens with zero attached hydrogens (tertiary/aromatic N) is 3. The average Bonchev–Trinajstić information content (AvgIpc) is 2.62.